The van der Waals surface area contributed by atoms with Gasteiger partial charge in [0.1, 0.15) is 0 Å². The lowest BCUT2D eigenvalue weighted by Gasteiger charge is -2.13. The molecule has 1 saturated heterocycles. The van der Waals surface area contributed by atoms with Crippen LogP contribution in [0.25, 0.3) is 0 Å². The number of nitrogens with zero attached hydrogens (tertiary/aromatic N) is 2. The average Bonchev–Trinajstić information content (AvgIpc) is 2.84. The molecule has 0 spiro atoms. The molecule has 2 unspecified atom stereocenters. The van der Waals surface area contributed by atoms with E-state index in [-0.39, 0.29) is 0 Å². The maximum absolute atomic E-state index is 10.1. The van der Waals surface area contributed by atoms with Gasteiger partial charge in [-0.05, 0) is 32.6 Å². The minimum atomic E-state index is -0.405. The van der Waals surface area contributed by atoms with Gasteiger partial charge in [-0.25, -0.2) is 0 Å². The molecular weight excluding hydrogens is 204 g/mol. The van der Waals surface area contributed by atoms with Gasteiger partial charge < -0.3 is 9.84 Å². The van der Waals surface area contributed by atoms with E-state index in [1.807, 2.05) is 20.2 Å². The van der Waals surface area contributed by atoms with E-state index < -0.39 is 6.10 Å². The van der Waals surface area contributed by atoms with E-state index in [0.29, 0.717) is 6.10 Å². The molecular formula is C12H20N2O2. The molecule has 0 aliphatic carbocycles. The molecule has 4 nitrogen and oxygen atoms in total. The Morgan fingerprint density at radius 3 is 3.06 bits per heavy atom. The number of ether oxygens (including phenoxy) is 1. The molecule has 1 aromatic heterocycles. The predicted molar refractivity (Wildman–Crippen MR) is 61.1 cm³/mol. The summed E-state index contributed by atoms with van der Waals surface area (Å²) in [6.07, 6.45) is 5.85. The van der Waals surface area contributed by atoms with E-state index in [2.05, 4.69) is 5.10 Å². The zero-order valence-electron chi connectivity index (χ0n) is 10.0. The molecule has 16 heavy (non-hydrogen) atoms. The van der Waals surface area contributed by atoms with Gasteiger partial charge in [0.2, 0.25) is 0 Å². The summed E-state index contributed by atoms with van der Waals surface area (Å²) in [6.45, 7) is 2.82. The van der Waals surface area contributed by atoms with Crippen LogP contribution in [0.3, 0.4) is 0 Å². The van der Waals surface area contributed by atoms with Crippen molar-refractivity contribution in [1.82, 2.24) is 9.78 Å². The molecule has 1 fully saturated rings. The first-order chi connectivity index (χ1) is 7.66. The molecule has 2 rings (SSSR count). The van der Waals surface area contributed by atoms with Crippen molar-refractivity contribution in [3.63, 3.8) is 0 Å². The molecule has 0 radical (unpaired) electrons. The fourth-order valence-corrected chi connectivity index (χ4v) is 2.32. The normalized spacial score (nSPS) is 22.6. The molecule has 1 aliphatic heterocycles. The summed E-state index contributed by atoms with van der Waals surface area (Å²) in [5.41, 5.74) is 1.86. The van der Waals surface area contributed by atoms with E-state index in [4.69, 9.17) is 4.74 Å². The van der Waals surface area contributed by atoms with Crippen molar-refractivity contribution in [3.8, 4) is 0 Å². The van der Waals surface area contributed by atoms with Gasteiger partial charge in [-0.3, -0.25) is 4.68 Å². The first-order valence-corrected chi connectivity index (χ1v) is 5.96. The summed E-state index contributed by atoms with van der Waals surface area (Å²) in [5.74, 6) is 0. The minimum Gasteiger partial charge on any atom is -0.388 e. The summed E-state index contributed by atoms with van der Waals surface area (Å²) in [7, 11) is 1.88. The Morgan fingerprint density at radius 1 is 1.69 bits per heavy atom. The molecule has 1 aromatic rings. The molecule has 90 valence electrons. The highest BCUT2D eigenvalue weighted by Crippen LogP contribution is 2.25. The van der Waals surface area contributed by atoms with Gasteiger partial charge in [0, 0.05) is 25.4 Å². The SMILES string of the molecule is Cc1nn(C)cc1C(O)CCC1CCCO1. The van der Waals surface area contributed by atoms with Crippen LogP contribution in [0.5, 0.6) is 0 Å². The quantitative estimate of drug-likeness (QED) is 0.847. The summed E-state index contributed by atoms with van der Waals surface area (Å²) in [6, 6.07) is 0. The monoisotopic (exact) mass is 224 g/mol. The standard InChI is InChI=1S/C12H20N2O2/c1-9-11(8-14(2)13-9)12(15)6-5-10-4-3-7-16-10/h8,10,12,15H,3-7H2,1-2H3. The van der Waals surface area contributed by atoms with Crippen molar-refractivity contribution in [2.45, 2.75) is 44.8 Å². The zero-order valence-corrected chi connectivity index (χ0v) is 10.0. The van der Waals surface area contributed by atoms with Crippen LogP contribution in [0.4, 0.5) is 0 Å². The topological polar surface area (TPSA) is 47.3 Å². The van der Waals surface area contributed by atoms with Crippen LogP contribution in [-0.2, 0) is 11.8 Å². The number of hydrogen-bond donors (Lipinski definition) is 1. The maximum atomic E-state index is 10.1. The van der Waals surface area contributed by atoms with Gasteiger partial charge in [-0.2, -0.15) is 5.10 Å². The summed E-state index contributed by atoms with van der Waals surface area (Å²) < 4.78 is 7.29. The van der Waals surface area contributed by atoms with Crippen LogP contribution in [0, 0.1) is 6.92 Å². The van der Waals surface area contributed by atoms with Crippen molar-refractivity contribution in [2.24, 2.45) is 7.05 Å². The lowest BCUT2D eigenvalue weighted by molar-refractivity contribution is 0.0811. The van der Waals surface area contributed by atoms with E-state index in [1.165, 1.54) is 0 Å². The Bertz CT molecular complexity index is 343. The first-order valence-electron chi connectivity index (χ1n) is 5.96. The number of hydrogen-bond acceptors (Lipinski definition) is 3. The highest BCUT2D eigenvalue weighted by Gasteiger charge is 2.19. The zero-order chi connectivity index (χ0) is 11.5. The van der Waals surface area contributed by atoms with Gasteiger partial charge in [-0.15, -0.1) is 0 Å². The van der Waals surface area contributed by atoms with Gasteiger partial charge >= 0.3 is 0 Å². The van der Waals surface area contributed by atoms with Crippen molar-refractivity contribution in [3.05, 3.63) is 17.5 Å². The maximum Gasteiger partial charge on any atom is 0.0824 e. The molecule has 2 atom stereocenters. The summed E-state index contributed by atoms with van der Waals surface area (Å²) in [4.78, 5) is 0. The molecule has 0 aromatic carbocycles. The Balaban J connectivity index is 1.87. The molecule has 2 heterocycles. The summed E-state index contributed by atoms with van der Waals surface area (Å²) in [5, 5.41) is 14.3. The predicted octanol–water partition coefficient (Wildman–Crippen LogP) is 1.72. The largest absolute Gasteiger partial charge is 0.388 e. The van der Waals surface area contributed by atoms with E-state index in [0.717, 1.165) is 43.5 Å². The molecule has 4 heteroatoms. The van der Waals surface area contributed by atoms with Crippen LogP contribution < -0.4 is 0 Å². The fraction of sp³-hybridized carbons (Fsp3) is 0.750. The highest BCUT2D eigenvalue weighted by atomic mass is 16.5. The minimum absolute atomic E-state index is 0.353. The number of aryl methyl sites for hydroxylation is 2. The molecule has 1 N–H and O–H groups in total. The van der Waals surface area contributed by atoms with Crippen molar-refractivity contribution in [1.29, 1.82) is 0 Å². The number of aliphatic hydroxyl groups excluding tert-OH is 1. The van der Waals surface area contributed by atoms with E-state index >= 15 is 0 Å². The van der Waals surface area contributed by atoms with Crippen molar-refractivity contribution < 1.29 is 9.84 Å². The molecule has 0 saturated carbocycles. The Labute approximate surface area is 96.2 Å². The third-order valence-corrected chi connectivity index (χ3v) is 3.20. The number of rotatable bonds is 4. The highest BCUT2D eigenvalue weighted by molar-refractivity contribution is 5.18. The van der Waals surface area contributed by atoms with Crippen LogP contribution in [-0.4, -0.2) is 27.6 Å². The second-order valence-electron chi connectivity index (χ2n) is 4.57. The van der Waals surface area contributed by atoms with Crippen LogP contribution in [0.15, 0.2) is 6.20 Å². The fourth-order valence-electron chi connectivity index (χ4n) is 2.32. The van der Waals surface area contributed by atoms with Crippen LogP contribution in [0.2, 0.25) is 0 Å². The third kappa shape index (κ3) is 2.62. The van der Waals surface area contributed by atoms with E-state index in [9.17, 15) is 5.11 Å². The number of aliphatic hydroxyl groups is 1. The van der Waals surface area contributed by atoms with Gasteiger partial charge in [0.05, 0.1) is 17.9 Å². The summed E-state index contributed by atoms with van der Waals surface area (Å²) >= 11 is 0. The third-order valence-electron chi connectivity index (χ3n) is 3.20. The van der Waals surface area contributed by atoms with Crippen molar-refractivity contribution >= 4 is 0 Å². The van der Waals surface area contributed by atoms with E-state index in [1.54, 1.807) is 4.68 Å². The van der Waals surface area contributed by atoms with Crippen LogP contribution in [0.1, 0.15) is 43.0 Å². The second kappa shape index (κ2) is 4.97. The Morgan fingerprint density at radius 2 is 2.50 bits per heavy atom. The van der Waals surface area contributed by atoms with Gasteiger partial charge in [-0.1, -0.05) is 0 Å². The second-order valence-corrected chi connectivity index (χ2v) is 4.57. The molecule has 1 aliphatic rings. The number of aromatic nitrogens is 2. The van der Waals surface area contributed by atoms with Crippen LogP contribution >= 0.6 is 0 Å². The van der Waals surface area contributed by atoms with Gasteiger partial charge in [0.15, 0.2) is 0 Å². The Hall–Kier alpha value is -0.870. The lowest BCUT2D eigenvalue weighted by atomic mass is 10.0. The lowest BCUT2D eigenvalue weighted by Crippen LogP contribution is -2.08. The smallest absolute Gasteiger partial charge is 0.0824 e. The Kier molecular flexibility index (Phi) is 3.61. The molecule has 0 amide bonds. The molecule has 0 bridgehead atoms. The van der Waals surface area contributed by atoms with Crippen molar-refractivity contribution in [2.75, 3.05) is 6.61 Å². The average molecular weight is 224 g/mol. The first kappa shape index (κ1) is 11.6. The van der Waals surface area contributed by atoms with Gasteiger partial charge in [0.25, 0.3) is 0 Å².